The van der Waals surface area contributed by atoms with Crippen LogP contribution in [0.4, 0.5) is 4.79 Å². The quantitative estimate of drug-likeness (QED) is 0.585. The summed E-state index contributed by atoms with van der Waals surface area (Å²) >= 11 is 0. The smallest absolute Gasteiger partial charge is 0.391 e. The molecule has 8 nitrogen and oxygen atoms in total. The van der Waals surface area contributed by atoms with E-state index in [4.69, 9.17) is 4.74 Å². The summed E-state index contributed by atoms with van der Waals surface area (Å²) in [7, 11) is 0. The third kappa shape index (κ3) is 3.39. The van der Waals surface area contributed by atoms with Crippen LogP contribution in [0.1, 0.15) is 49.0 Å². The van der Waals surface area contributed by atoms with Crippen molar-refractivity contribution < 1.29 is 14.3 Å². The van der Waals surface area contributed by atoms with Crippen LogP contribution in [0.25, 0.3) is 11.0 Å². The van der Waals surface area contributed by atoms with Gasteiger partial charge in [-0.25, -0.2) is 9.78 Å². The van der Waals surface area contributed by atoms with E-state index in [-0.39, 0.29) is 22.9 Å². The van der Waals surface area contributed by atoms with E-state index < -0.39 is 6.09 Å². The Kier molecular flexibility index (Phi) is 4.25. The van der Waals surface area contributed by atoms with E-state index in [1.165, 1.54) is 0 Å². The van der Waals surface area contributed by atoms with E-state index >= 15 is 0 Å². The van der Waals surface area contributed by atoms with E-state index in [0.717, 1.165) is 43.1 Å². The number of fused-ring (bicyclic) bond motifs is 1. The number of carbonyl (C=O) groups excluding carboxylic acids is 2. The molecule has 4 aliphatic carbocycles. The van der Waals surface area contributed by atoms with Gasteiger partial charge in [-0.1, -0.05) is 6.07 Å². The summed E-state index contributed by atoms with van der Waals surface area (Å²) in [5, 5.41) is 6.47. The Morgan fingerprint density at radius 1 is 1.00 bits per heavy atom. The van der Waals surface area contributed by atoms with Crippen LogP contribution < -0.4 is 15.4 Å². The summed E-state index contributed by atoms with van der Waals surface area (Å²) in [5.41, 5.74) is 1.40. The van der Waals surface area contributed by atoms with Crippen LogP contribution in [-0.2, 0) is 0 Å². The molecule has 3 N–H and O–H groups in total. The predicted octanol–water partition coefficient (Wildman–Crippen LogP) is 3.57. The molecule has 0 saturated heterocycles. The molecule has 2 atom stereocenters. The molecule has 4 fully saturated rings. The average molecular weight is 431 g/mol. The Morgan fingerprint density at radius 3 is 2.53 bits per heavy atom. The van der Waals surface area contributed by atoms with Crippen LogP contribution in [0.2, 0.25) is 0 Å². The van der Waals surface area contributed by atoms with Gasteiger partial charge in [0.1, 0.15) is 5.69 Å². The highest BCUT2D eigenvalue weighted by Gasteiger charge is 2.59. The molecule has 7 rings (SSSR count). The van der Waals surface area contributed by atoms with Crippen molar-refractivity contribution in [3.05, 3.63) is 54.5 Å². The second-order valence-electron chi connectivity index (χ2n) is 9.77. The van der Waals surface area contributed by atoms with Crippen molar-refractivity contribution >= 4 is 23.0 Å². The largest absolute Gasteiger partial charge is 0.414 e. The maximum Gasteiger partial charge on any atom is 0.414 e. The highest BCUT2D eigenvalue weighted by Crippen LogP contribution is 2.57. The van der Waals surface area contributed by atoms with Gasteiger partial charge in [0, 0.05) is 29.5 Å². The number of aromatic nitrogens is 3. The van der Waals surface area contributed by atoms with E-state index in [2.05, 4.69) is 25.6 Å². The molecule has 0 aliphatic heterocycles. The zero-order valence-electron chi connectivity index (χ0n) is 17.6. The molecule has 4 bridgehead atoms. The van der Waals surface area contributed by atoms with Gasteiger partial charge in [-0.3, -0.25) is 9.78 Å². The first-order valence-corrected chi connectivity index (χ1v) is 11.2. The van der Waals surface area contributed by atoms with Crippen LogP contribution in [0.3, 0.4) is 0 Å². The SMILES string of the molecule is O=C(NC12CC3CC(C1)CC(NC(=O)c1ccccn1)(C3)C2)Oc1ccc2[nH]ccc2n1. The van der Waals surface area contributed by atoms with Crippen molar-refractivity contribution in [2.75, 3.05) is 0 Å². The maximum atomic E-state index is 12.9. The number of rotatable bonds is 4. The van der Waals surface area contributed by atoms with Gasteiger partial charge in [0.05, 0.1) is 11.0 Å². The van der Waals surface area contributed by atoms with E-state index in [1.807, 2.05) is 18.2 Å². The average Bonchev–Trinajstić information content (AvgIpc) is 3.20. The molecular formula is C24H25N5O3. The zero-order valence-corrected chi connectivity index (χ0v) is 17.6. The van der Waals surface area contributed by atoms with Gasteiger partial charge in [0.25, 0.3) is 5.91 Å². The molecule has 8 heteroatoms. The highest BCUT2D eigenvalue weighted by molar-refractivity contribution is 5.92. The number of pyridine rings is 2. The second-order valence-corrected chi connectivity index (χ2v) is 9.77. The molecule has 0 aromatic carbocycles. The molecule has 3 aromatic rings. The standard InChI is InChI=1S/C24H25N5O3/c30-21(19-3-1-2-7-25-19)28-23-10-15-9-16(11-23)13-24(12-15,14-23)29-22(31)32-20-5-4-17-18(27-20)6-8-26-17/h1-8,15-16,26H,9-14H2,(H,28,30)(H,29,31). The topological polar surface area (TPSA) is 109 Å². The molecule has 2 amide bonds. The lowest BCUT2D eigenvalue weighted by Crippen LogP contribution is -2.70. The van der Waals surface area contributed by atoms with Crippen LogP contribution in [-0.4, -0.2) is 38.0 Å². The number of amides is 2. The molecule has 2 unspecified atom stereocenters. The fraction of sp³-hybridized carbons (Fsp3) is 0.417. The molecule has 3 heterocycles. The fourth-order valence-corrected chi connectivity index (χ4v) is 6.67. The van der Waals surface area contributed by atoms with Crippen molar-refractivity contribution in [1.29, 1.82) is 0 Å². The van der Waals surface area contributed by atoms with E-state index in [9.17, 15) is 9.59 Å². The van der Waals surface area contributed by atoms with Crippen molar-refractivity contribution in [1.82, 2.24) is 25.6 Å². The van der Waals surface area contributed by atoms with Gasteiger partial charge in [0.15, 0.2) is 0 Å². The summed E-state index contributed by atoms with van der Waals surface area (Å²) in [6.07, 6.45) is 8.56. The summed E-state index contributed by atoms with van der Waals surface area (Å²) in [6.45, 7) is 0. The Bertz CT molecular complexity index is 1180. The minimum atomic E-state index is -0.486. The van der Waals surface area contributed by atoms with E-state index in [1.54, 1.807) is 30.6 Å². The Morgan fingerprint density at radius 2 is 1.78 bits per heavy atom. The monoisotopic (exact) mass is 431 g/mol. The Hall–Kier alpha value is -3.42. The summed E-state index contributed by atoms with van der Waals surface area (Å²) in [4.78, 5) is 37.4. The lowest BCUT2D eigenvalue weighted by atomic mass is 9.50. The van der Waals surface area contributed by atoms with Gasteiger partial charge in [-0.2, -0.15) is 0 Å². The van der Waals surface area contributed by atoms with Gasteiger partial charge in [-0.05, 0) is 74.6 Å². The number of carbonyl (C=O) groups is 2. The molecule has 4 saturated carbocycles. The van der Waals surface area contributed by atoms with Gasteiger partial charge < -0.3 is 20.4 Å². The zero-order chi connectivity index (χ0) is 21.8. The number of nitrogens with one attached hydrogen (secondary N) is 3. The van der Waals surface area contributed by atoms with E-state index in [0.29, 0.717) is 24.0 Å². The fourth-order valence-electron chi connectivity index (χ4n) is 6.67. The van der Waals surface area contributed by atoms with Crippen molar-refractivity contribution in [2.45, 2.75) is 49.6 Å². The van der Waals surface area contributed by atoms with Crippen LogP contribution in [0, 0.1) is 11.8 Å². The van der Waals surface area contributed by atoms with Crippen LogP contribution >= 0.6 is 0 Å². The number of nitrogens with zero attached hydrogens (tertiary/aromatic N) is 2. The molecule has 3 aromatic heterocycles. The minimum Gasteiger partial charge on any atom is -0.391 e. The predicted molar refractivity (Wildman–Crippen MR) is 117 cm³/mol. The number of ether oxygens (including phenoxy) is 1. The number of H-pyrrole nitrogens is 1. The lowest BCUT2D eigenvalue weighted by Gasteiger charge is -2.61. The Labute approximate surface area is 185 Å². The normalized spacial score (nSPS) is 30.2. The molecule has 32 heavy (non-hydrogen) atoms. The molecule has 4 aliphatic rings. The molecular weight excluding hydrogens is 406 g/mol. The highest BCUT2D eigenvalue weighted by atomic mass is 16.6. The van der Waals surface area contributed by atoms with Gasteiger partial charge >= 0.3 is 6.09 Å². The molecule has 164 valence electrons. The maximum absolute atomic E-state index is 12.9. The third-order valence-electron chi connectivity index (χ3n) is 7.28. The summed E-state index contributed by atoms with van der Waals surface area (Å²) in [5.74, 6) is 1.09. The lowest BCUT2D eigenvalue weighted by molar-refractivity contribution is -0.0450. The van der Waals surface area contributed by atoms with Gasteiger partial charge in [0.2, 0.25) is 5.88 Å². The summed E-state index contributed by atoms with van der Waals surface area (Å²) < 4.78 is 5.54. The molecule has 0 radical (unpaired) electrons. The minimum absolute atomic E-state index is 0.144. The summed E-state index contributed by atoms with van der Waals surface area (Å²) in [6, 6.07) is 10.7. The van der Waals surface area contributed by atoms with Crippen LogP contribution in [0.15, 0.2) is 48.8 Å². The van der Waals surface area contributed by atoms with Gasteiger partial charge in [-0.15, -0.1) is 0 Å². The number of aromatic amines is 1. The Balaban J connectivity index is 1.19. The van der Waals surface area contributed by atoms with Crippen molar-refractivity contribution in [3.63, 3.8) is 0 Å². The van der Waals surface area contributed by atoms with Crippen LogP contribution in [0.5, 0.6) is 5.88 Å². The van der Waals surface area contributed by atoms with Crippen molar-refractivity contribution in [2.24, 2.45) is 11.8 Å². The number of hydrogen-bond acceptors (Lipinski definition) is 5. The first-order valence-electron chi connectivity index (χ1n) is 11.2. The third-order valence-corrected chi connectivity index (χ3v) is 7.28. The second kappa shape index (κ2) is 7.05. The first-order chi connectivity index (χ1) is 15.5. The number of hydrogen-bond donors (Lipinski definition) is 3. The van der Waals surface area contributed by atoms with Crippen molar-refractivity contribution in [3.8, 4) is 5.88 Å². The first kappa shape index (κ1) is 19.3. The molecule has 0 spiro atoms.